The Kier molecular flexibility index (Phi) is 5.05. The second-order valence-electron chi connectivity index (χ2n) is 5.94. The summed E-state index contributed by atoms with van der Waals surface area (Å²) in [5.41, 5.74) is 0. The summed E-state index contributed by atoms with van der Waals surface area (Å²) in [6, 6.07) is 0.661. The number of methoxy groups -OCH3 is 2. The largest absolute Gasteiger partial charge is 0.472 e. The molecule has 0 unspecified atom stereocenters. The van der Waals surface area contributed by atoms with Crippen molar-refractivity contribution in [3.8, 4) is 5.19 Å². The van der Waals surface area contributed by atoms with Gasteiger partial charge in [0.25, 0.3) is 5.19 Å². The molecular formula is C14H24N4O2S. The van der Waals surface area contributed by atoms with Gasteiger partial charge in [0, 0.05) is 39.3 Å². The summed E-state index contributed by atoms with van der Waals surface area (Å²) in [4.78, 5) is 5.15. The van der Waals surface area contributed by atoms with Crippen LogP contribution >= 0.6 is 11.3 Å². The summed E-state index contributed by atoms with van der Waals surface area (Å²) < 4.78 is 10.4. The third kappa shape index (κ3) is 3.71. The highest BCUT2D eigenvalue weighted by Gasteiger charge is 2.34. The number of aromatic nitrogens is 2. The summed E-state index contributed by atoms with van der Waals surface area (Å²) in [5, 5.41) is 9.95. The van der Waals surface area contributed by atoms with Crippen molar-refractivity contribution in [2.75, 3.05) is 47.0 Å². The van der Waals surface area contributed by atoms with Crippen LogP contribution in [0.3, 0.4) is 0 Å². The van der Waals surface area contributed by atoms with Crippen LogP contribution in [0.1, 0.15) is 17.8 Å². The monoisotopic (exact) mass is 312 g/mol. The lowest BCUT2D eigenvalue weighted by Gasteiger charge is -2.35. The number of nitrogens with zero attached hydrogens (tertiary/aromatic N) is 4. The highest BCUT2D eigenvalue weighted by atomic mass is 32.1. The topological polar surface area (TPSA) is 50.7 Å². The van der Waals surface area contributed by atoms with Crippen LogP contribution < -0.4 is 4.74 Å². The number of rotatable bonds is 6. The standard InChI is InChI=1S/C14H24N4O2S/c1-19-6-5-18-8-11-3-4-12(18)9-17(7-11)10-13-15-16-14(20-2)21-13/h11-12H,3-10H2,1-2H3/t11-,12+/m1/s1. The van der Waals surface area contributed by atoms with E-state index in [4.69, 9.17) is 9.47 Å². The van der Waals surface area contributed by atoms with E-state index >= 15 is 0 Å². The summed E-state index contributed by atoms with van der Waals surface area (Å²) in [6.45, 7) is 6.29. The zero-order chi connectivity index (χ0) is 14.7. The predicted octanol–water partition coefficient (Wildman–Crippen LogP) is 1.09. The molecule has 0 radical (unpaired) electrons. The summed E-state index contributed by atoms with van der Waals surface area (Å²) in [6.07, 6.45) is 2.66. The predicted molar refractivity (Wildman–Crippen MR) is 81.7 cm³/mol. The molecule has 2 bridgehead atoms. The molecule has 2 atom stereocenters. The number of piperidine rings is 1. The van der Waals surface area contributed by atoms with Crippen molar-refractivity contribution in [1.29, 1.82) is 0 Å². The maximum atomic E-state index is 5.24. The fourth-order valence-corrected chi connectivity index (χ4v) is 4.16. The SMILES string of the molecule is COCCN1C[C@@H]2CC[C@H]1CN(Cc1nnc(OC)s1)C2. The molecule has 118 valence electrons. The van der Waals surface area contributed by atoms with E-state index in [0.29, 0.717) is 11.2 Å². The van der Waals surface area contributed by atoms with Gasteiger partial charge in [-0.3, -0.25) is 9.80 Å². The molecule has 0 aliphatic carbocycles. The number of ether oxygens (including phenoxy) is 2. The van der Waals surface area contributed by atoms with Gasteiger partial charge in [0.2, 0.25) is 0 Å². The van der Waals surface area contributed by atoms with Crippen molar-refractivity contribution < 1.29 is 9.47 Å². The molecule has 1 aromatic heterocycles. The average molecular weight is 312 g/mol. The van der Waals surface area contributed by atoms with E-state index < -0.39 is 0 Å². The second-order valence-corrected chi connectivity index (χ2v) is 6.97. The van der Waals surface area contributed by atoms with Gasteiger partial charge in [0.15, 0.2) is 0 Å². The Morgan fingerprint density at radius 3 is 2.86 bits per heavy atom. The van der Waals surface area contributed by atoms with E-state index in [1.54, 1.807) is 25.6 Å². The van der Waals surface area contributed by atoms with Crippen LogP contribution in [-0.4, -0.2) is 73.0 Å². The quantitative estimate of drug-likeness (QED) is 0.784. The van der Waals surface area contributed by atoms with Crippen LogP contribution in [0, 0.1) is 5.92 Å². The van der Waals surface area contributed by atoms with E-state index in [1.165, 1.54) is 25.9 Å². The molecule has 7 heteroatoms. The molecule has 4 heterocycles. The van der Waals surface area contributed by atoms with Gasteiger partial charge in [-0.2, -0.15) is 0 Å². The number of hydrogen-bond acceptors (Lipinski definition) is 7. The van der Waals surface area contributed by atoms with Gasteiger partial charge < -0.3 is 9.47 Å². The Labute approximate surface area is 130 Å². The molecule has 3 aliphatic heterocycles. The van der Waals surface area contributed by atoms with Gasteiger partial charge in [0.05, 0.1) is 20.3 Å². The average Bonchev–Trinajstić information content (AvgIpc) is 2.77. The van der Waals surface area contributed by atoms with E-state index in [1.807, 2.05) is 0 Å². The lowest BCUT2D eigenvalue weighted by molar-refractivity contribution is 0.0867. The van der Waals surface area contributed by atoms with Gasteiger partial charge in [-0.1, -0.05) is 11.3 Å². The van der Waals surface area contributed by atoms with E-state index in [-0.39, 0.29) is 0 Å². The van der Waals surface area contributed by atoms with Crippen LogP contribution in [0.25, 0.3) is 0 Å². The Bertz CT molecular complexity index is 456. The highest BCUT2D eigenvalue weighted by Crippen LogP contribution is 2.29. The van der Waals surface area contributed by atoms with E-state index in [0.717, 1.165) is 37.2 Å². The molecule has 6 nitrogen and oxygen atoms in total. The normalized spacial score (nSPS) is 27.0. The molecule has 21 heavy (non-hydrogen) atoms. The first-order chi connectivity index (χ1) is 10.3. The first-order valence-corrected chi connectivity index (χ1v) is 8.42. The molecule has 4 rings (SSSR count). The fourth-order valence-electron chi connectivity index (χ4n) is 3.46. The smallest absolute Gasteiger partial charge is 0.293 e. The third-order valence-electron chi connectivity index (χ3n) is 4.47. The molecule has 1 aromatic rings. The molecule has 3 saturated heterocycles. The maximum absolute atomic E-state index is 5.24. The van der Waals surface area contributed by atoms with Crippen molar-refractivity contribution in [2.45, 2.75) is 25.4 Å². The maximum Gasteiger partial charge on any atom is 0.293 e. The molecule has 3 aliphatic rings. The van der Waals surface area contributed by atoms with Crippen LogP contribution in [-0.2, 0) is 11.3 Å². The summed E-state index contributed by atoms with van der Waals surface area (Å²) in [5.74, 6) is 0.774. The molecule has 0 spiro atoms. The molecule has 0 aromatic carbocycles. The Morgan fingerprint density at radius 2 is 2.10 bits per heavy atom. The van der Waals surface area contributed by atoms with Crippen LogP contribution in [0.15, 0.2) is 0 Å². The second kappa shape index (κ2) is 7.00. The Hall–Kier alpha value is -0.760. The van der Waals surface area contributed by atoms with Crippen LogP contribution in [0.4, 0.5) is 0 Å². The molecule has 0 amide bonds. The van der Waals surface area contributed by atoms with E-state index in [2.05, 4.69) is 20.0 Å². The van der Waals surface area contributed by atoms with Gasteiger partial charge in [-0.15, -0.1) is 10.2 Å². The first-order valence-electron chi connectivity index (χ1n) is 7.60. The zero-order valence-corrected chi connectivity index (χ0v) is 13.6. The summed E-state index contributed by atoms with van der Waals surface area (Å²) >= 11 is 1.55. The lowest BCUT2D eigenvalue weighted by Crippen LogP contribution is -2.45. The third-order valence-corrected chi connectivity index (χ3v) is 5.34. The highest BCUT2D eigenvalue weighted by molar-refractivity contribution is 7.13. The molecule has 3 fully saturated rings. The van der Waals surface area contributed by atoms with Crippen molar-refractivity contribution >= 4 is 11.3 Å². The van der Waals surface area contributed by atoms with Crippen molar-refractivity contribution in [3.63, 3.8) is 0 Å². The van der Waals surface area contributed by atoms with E-state index in [9.17, 15) is 0 Å². The first kappa shape index (κ1) is 15.1. The van der Waals surface area contributed by atoms with Crippen LogP contribution in [0.5, 0.6) is 5.19 Å². The Morgan fingerprint density at radius 1 is 1.19 bits per heavy atom. The van der Waals surface area contributed by atoms with Gasteiger partial charge >= 0.3 is 0 Å². The molecular weight excluding hydrogens is 288 g/mol. The summed E-state index contributed by atoms with van der Waals surface area (Å²) in [7, 11) is 3.43. The molecule has 0 saturated carbocycles. The van der Waals surface area contributed by atoms with Crippen molar-refractivity contribution in [2.24, 2.45) is 5.92 Å². The minimum absolute atomic E-state index is 0.657. The van der Waals surface area contributed by atoms with Gasteiger partial charge in [0.1, 0.15) is 5.01 Å². The fraction of sp³-hybridized carbons (Fsp3) is 0.857. The minimum atomic E-state index is 0.657. The molecule has 0 N–H and O–H groups in total. The zero-order valence-electron chi connectivity index (χ0n) is 12.8. The number of fused-ring (bicyclic) bond motifs is 4. The van der Waals surface area contributed by atoms with Crippen molar-refractivity contribution in [3.05, 3.63) is 5.01 Å². The lowest BCUT2D eigenvalue weighted by atomic mass is 9.95. The van der Waals surface area contributed by atoms with Gasteiger partial charge in [-0.25, -0.2) is 0 Å². The Balaban J connectivity index is 1.60. The minimum Gasteiger partial charge on any atom is -0.472 e. The van der Waals surface area contributed by atoms with Gasteiger partial charge in [-0.05, 0) is 18.8 Å². The van der Waals surface area contributed by atoms with Crippen molar-refractivity contribution in [1.82, 2.24) is 20.0 Å². The number of hydrogen-bond donors (Lipinski definition) is 0. The van der Waals surface area contributed by atoms with Crippen LogP contribution in [0.2, 0.25) is 0 Å².